The Morgan fingerprint density at radius 2 is 2.05 bits per heavy atom. The maximum absolute atomic E-state index is 11.4. The molecule has 100 valence electrons. The molecule has 6 heteroatoms. The third-order valence-corrected chi connectivity index (χ3v) is 3.48. The van der Waals surface area contributed by atoms with E-state index in [1.165, 1.54) is 6.08 Å². The zero-order valence-electron chi connectivity index (χ0n) is 10.1. The number of amides is 2. The molecule has 2 N–H and O–H groups in total. The molecule has 2 amide bonds. The van der Waals surface area contributed by atoms with E-state index in [1.54, 1.807) is 36.4 Å². The van der Waals surface area contributed by atoms with Crippen LogP contribution in [0.2, 0.25) is 0 Å². The molecule has 1 aromatic carbocycles. The van der Waals surface area contributed by atoms with Gasteiger partial charge in [0.1, 0.15) is 17.3 Å². The number of phenols is 1. The SMILES string of the molecule is O=C1NC(=O)/C(=C/c2ccc(-c3cccc(O)c3)o2)S1. The Morgan fingerprint density at radius 1 is 1.20 bits per heavy atom. The number of carbonyl (C=O) groups is 2. The molecule has 0 atom stereocenters. The molecular weight excluding hydrogens is 278 g/mol. The minimum Gasteiger partial charge on any atom is -0.508 e. The van der Waals surface area contributed by atoms with Crippen molar-refractivity contribution in [3.05, 3.63) is 47.1 Å². The molecule has 5 nitrogen and oxygen atoms in total. The molecule has 3 rings (SSSR count). The van der Waals surface area contributed by atoms with Crippen molar-refractivity contribution in [1.82, 2.24) is 5.32 Å². The van der Waals surface area contributed by atoms with E-state index < -0.39 is 5.91 Å². The fourth-order valence-electron chi connectivity index (χ4n) is 1.79. The summed E-state index contributed by atoms with van der Waals surface area (Å²) in [5.74, 6) is 0.767. The van der Waals surface area contributed by atoms with Crippen LogP contribution < -0.4 is 5.32 Å². The van der Waals surface area contributed by atoms with Crippen molar-refractivity contribution in [1.29, 1.82) is 0 Å². The number of hydrogen-bond acceptors (Lipinski definition) is 5. The number of carbonyl (C=O) groups excluding carboxylic acids is 2. The molecule has 20 heavy (non-hydrogen) atoms. The molecule has 1 aliphatic heterocycles. The lowest BCUT2D eigenvalue weighted by Gasteiger charge is -1.97. The molecular formula is C14H9NO4S. The van der Waals surface area contributed by atoms with Crippen LogP contribution in [-0.2, 0) is 4.79 Å². The molecule has 0 unspecified atom stereocenters. The third-order valence-electron chi connectivity index (χ3n) is 2.67. The van der Waals surface area contributed by atoms with E-state index in [9.17, 15) is 14.7 Å². The highest BCUT2D eigenvalue weighted by molar-refractivity contribution is 8.18. The van der Waals surface area contributed by atoms with Gasteiger partial charge in [-0.2, -0.15) is 0 Å². The number of hydrogen-bond donors (Lipinski definition) is 2. The smallest absolute Gasteiger partial charge is 0.290 e. The molecule has 0 aliphatic carbocycles. The van der Waals surface area contributed by atoms with Crippen LogP contribution in [0.1, 0.15) is 5.76 Å². The van der Waals surface area contributed by atoms with Gasteiger partial charge in [0, 0.05) is 11.6 Å². The number of nitrogens with one attached hydrogen (secondary N) is 1. The zero-order valence-corrected chi connectivity index (χ0v) is 10.9. The van der Waals surface area contributed by atoms with Crippen molar-refractivity contribution in [3.8, 4) is 17.1 Å². The van der Waals surface area contributed by atoms with Crippen LogP contribution in [0.25, 0.3) is 17.4 Å². The fraction of sp³-hybridized carbons (Fsp3) is 0. The van der Waals surface area contributed by atoms with E-state index in [-0.39, 0.29) is 11.0 Å². The molecule has 0 spiro atoms. The summed E-state index contributed by atoms with van der Waals surface area (Å²) in [7, 11) is 0. The van der Waals surface area contributed by atoms with Crippen LogP contribution in [0.4, 0.5) is 4.79 Å². The molecule has 0 saturated carbocycles. The van der Waals surface area contributed by atoms with Gasteiger partial charge in [-0.1, -0.05) is 12.1 Å². The first-order valence-electron chi connectivity index (χ1n) is 5.76. The molecule has 0 bridgehead atoms. The highest BCUT2D eigenvalue weighted by atomic mass is 32.2. The Bertz CT molecular complexity index is 732. The lowest BCUT2D eigenvalue weighted by molar-refractivity contribution is -0.115. The van der Waals surface area contributed by atoms with Crippen LogP contribution in [0.5, 0.6) is 5.75 Å². The van der Waals surface area contributed by atoms with Crippen molar-refractivity contribution < 1.29 is 19.1 Å². The summed E-state index contributed by atoms with van der Waals surface area (Å²) in [5, 5.41) is 11.2. The van der Waals surface area contributed by atoms with Crippen LogP contribution in [0, 0.1) is 0 Å². The summed E-state index contributed by atoms with van der Waals surface area (Å²) >= 11 is 0.838. The normalized spacial score (nSPS) is 16.7. The minimum atomic E-state index is -0.421. The second-order valence-electron chi connectivity index (χ2n) is 4.10. The first-order valence-corrected chi connectivity index (χ1v) is 6.57. The minimum absolute atomic E-state index is 0.148. The Hall–Kier alpha value is -2.47. The van der Waals surface area contributed by atoms with Gasteiger partial charge in [-0.25, -0.2) is 0 Å². The molecule has 0 radical (unpaired) electrons. The Balaban J connectivity index is 1.89. The fourth-order valence-corrected chi connectivity index (χ4v) is 2.46. The topological polar surface area (TPSA) is 79.5 Å². The lowest BCUT2D eigenvalue weighted by Crippen LogP contribution is -2.17. The van der Waals surface area contributed by atoms with Crippen LogP contribution in [0.15, 0.2) is 45.7 Å². The van der Waals surface area contributed by atoms with E-state index in [4.69, 9.17) is 4.42 Å². The summed E-state index contributed by atoms with van der Waals surface area (Å²) in [6.07, 6.45) is 1.51. The second kappa shape index (κ2) is 4.90. The van der Waals surface area contributed by atoms with Gasteiger partial charge in [0.2, 0.25) is 0 Å². The van der Waals surface area contributed by atoms with Crippen LogP contribution in [-0.4, -0.2) is 16.3 Å². The Morgan fingerprint density at radius 3 is 2.75 bits per heavy atom. The van der Waals surface area contributed by atoms with Gasteiger partial charge >= 0.3 is 0 Å². The maximum Gasteiger partial charge on any atom is 0.290 e. The van der Waals surface area contributed by atoms with Crippen molar-refractivity contribution in [2.75, 3.05) is 0 Å². The monoisotopic (exact) mass is 287 g/mol. The number of thioether (sulfide) groups is 1. The van der Waals surface area contributed by atoms with E-state index in [2.05, 4.69) is 5.32 Å². The number of rotatable bonds is 2. The highest BCUT2D eigenvalue weighted by Gasteiger charge is 2.25. The summed E-state index contributed by atoms with van der Waals surface area (Å²) in [4.78, 5) is 22.8. The molecule has 1 saturated heterocycles. The van der Waals surface area contributed by atoms with E-state index in [0.717, 1.165) is 17.3 Å². The van der Waals surface area contributed by atoms with Gasteiger partial charge in [0.15, 0.2) is 0 Å². The predicted molar refractivity (Wildman–Crippen MR) is 74.9 cm³/mol. The van der Waals surface area contributed by atoms with Gasteiger partial charge in [-0.05, 0) is 36.0 Å². The summed E-state index contributed by atoms with van der Waals surface area (Å²) in [5.41, 5.74) is 0.731. The number of benzene rings is 1. The maximum atomic E-state index is 11.4. The number of phenolic OH excluding ortho intramolecular Hbond substituents is 1. The Kier molecular flexibility index (Phi) is 3.08. The standard InChI is InChI=1S/C14H9NO4S/c16-9-3-1-2-8(6-9)11-5-4-10(19-11)7-12-13(17)15-14(18)20-12/h1-7,16H,(H,15,17,18)/b12-7-. The van der Waals surface area contributed by atoms with Crippen molar-refractivity contribution in [3.63, 3.8) is 0 Å². The quantitative estimate of drug-likeness (QED) is 0.830. The lowest BCUT2D eigenvalue weighted by atomic mass is 10.2. The average Bonchev–Trinajstić information content (AvgIpc) is 2.97. The van der Waals surface area contributed by atoms with Gasteiger partial charge in [-0.15, -0.1) is 0 Å². The van der Waals surface area contributed by atoms with Gasteiger partial charge < -0.3 is 9.52 Å². The predicted octanol–water partition coefficient (Wildman–Crippen LogP) is 2.98. The average molecular weight is 287 g/mol. The van der Waals surface area contributed by atoms with E-state index >= 15 is 0 Å². The first-order chi connectivity index (χ1) is 9.61. The molecule has 2 heterocycles. The van der Waals surface area contributed by atoms with Crippen LogP contribution in [0.3, 0.4) is 0 Å². The molecule has 1 aliphatic rings. The van der Waals surface area contributed by atoms with Gasteiger partial charge in [0.25, 0.3) is 11.1 Å². The van der Waals surface area contributed by atoms with Crippen molar-refractivity contribution in [2.24, 2.45) is 0 Å². The van der Waals surface area contributed by atoms with E-state index in [1.807, 2.05) is 0 Å². The first kappa shape index (κ1) is 12.6. The molecule has 2 aromatic rings. The van der Waals surface area contributed by atoms with Gasteiger partial charge in [0.05, 0.1) is 4.91 Å². The number of aromatic hydroxyl groups is 1. The number of imide groups is 1. The number of furan rings is 1. The zero-order chi connectivity index (χ0) is 14.1. The molecule has 1 aromatic heterocycles. The third kappa shape index (κ3) is 2.46. The summed E-state index contributed by atoms with van der Waals surface area (Å²) in [6.45, 7) is 0. The second-order valence-corrected chi connectivity index (χ2v) is 5.12. The largest absolute Gasteiger partial charge is 0.508 e. The molecule has 1 fully saturated rings. The summed E-state index contributed by atoms with van der Waals surface area (Å²) < 4.78 is 5.58. The Labute approximate surface area is 118 Å². The highest BCUT2D eigenvalue weighted by Crippen LogP contribution is 2.29. The van der Waals surface area contributed by atoms with Crippen molar-refractivity contribution in [2.45, 2.75) is 0 Å². The summed E-state index contributed by atoms with van der Waals surface area (Å²) in [6, 6.07) is 10.1. The van der Waals surface area contributed by atoms with Crippen LogP contribution >= 0.6 is 11.8 Å². The van der Waals surface area contributed by atoms with Gasteiger partial charge in [-0.3, -0.25) is 14.9 Å². The van der Waals surface area contributed by atoms with Crippen molar-refractivity contribution >= 4 is 29.0 Å². The van der Waals surface area contributed by atoms with E-state index in [0.29, 0.717) is 16.4 Å².